The highest BCUT2D eigenvalue weighted by Gasteiger charge is 2.16. The zero-order valence-corrected chi connectivity index (χ0v) is 8.66. The van der Waals surface area contributed by atoms with Crippen LogP contribution in [0, 0.1) is 6.92 Å². The molecule has 0 fully saturated rings. The molecule has 2 aromatic heterocycles. The summed E-state index contributed by atoms with van der Waals surface area (Å²) in [6.07, 6.45) is 0. The molecular weight excluding hydrogens is 252 g/mol. The van der Waals surface area contributed by atoms with Crippen molar-refractivity contribution in [3.63, 3.8) is 0 Å². The molecule has 0 aliphatic heterocycles. The van der Waals surface area contributed by atoms with Gasteiger partial charge in [-0.15, -0.1) is 0 Å². The van der Waals surface area contributed by atoms with Crippen molar-refractivity contribution in [1.29, 1.82) is 0 Å². The number of nitrogens with zero attached hydrogens (tertiary/aromatic N) is 3. The van der Waals surface area contributed by atoms with Gasteiger partial charge in [0.15, 0.2) is 5.69 Å². The maximum Gasteiger partial charge on any atom is 0.356 e. The molecule has 0 spiro atoms. The van der Waals surface area contributed by atoms with Gasteiger partial charge in [0.2, 0.25) is 0 Å². The summed E-state index contributed by atoms with van der Waals surface area (Å²) in [6, 6.07) is 0. The average molecular weight is 257 g/mol. The highest BCUT2D eigenvalue weighted by molar-refractivity contribution is 9.10. The van der Waals surface area contributed by atoms with Gasteiger partial charge in [0.05, 0.1) is 0 Å². The third-order valence-corrected chi connectivity index (χ3v) is 2.24. The lowest BCUT2D eigenvalue weighted by Crippen LogP contribution is -1.99. The molecule has 72 valence electrons. The van der Waals surface area contributed by atoms with Gasteiger partial charge in [-0.3, -0.25) is 5.10 Å². The number of aromatic nitrogens is 4. The van der Waals surface area contributed by atoms with Gasteiger partial charge < -0.3 is 5.11 Å². The number of hydrogen-bond acceptors (Lipinski definition) is 4. The Hall–Kier alpha value is -1.50. The highest BCUT2D eigenvalue weighted by Crippen LogP contribution is 2.20. The number of nitrogens with one attached hydrogen (secondary N) is 1. The summed E-state index contributed by atoms with van der Waals surface area (Å²) < 4.78 is 0.490. The molecule has 0 aliphatic rings. The first-order valence-corrected chi connectivity index (χ1v) is 4.50. The van der Waals surface area contributed by atoms with Crippen LogP contribution in [0.5, 0.6) is 0 Å². The molecule has 2 N–H and O–H groups in total. The van der Waals surface area contributed by atoms with Crippen LogP contribution < -0.4 is 0 Å². The molecule has 2 rings (SSSR count). The van der Waals surface area contributed by atoms with Crippen molar-refractivity contribution in [2.45, 2.75) is 6.92 Å². The summed E-state index contributed by atoms with van der Waals surface area (Å²) in [4.78, 5) is 18.8. The molecule has 2 aromatic rings. The van der Waals surface area contributed by atoms with Gasteiger partial charge in [-0.2, -0.15) is 5.10 Å². The number of carbonyl (C=O) groups is 1. The molecule has 0 atom stereocenters. The molecule has 0 radical (unpaired) electrons. The number of carboxylic acids is 1. The van der Waals surface area contributed by atoms with Crippen molar-refractivity contribution < 1.29 is 9.90 Å². The molecule has 0 amide bonds. The van der Waals surface area contributed by atoms with Gasteiger partial charge in [0.25, 0.3) is 0 Å². The summed E-state index contributed by atoms with van der Waals surface area (Å²) in [5.74, 6) is -0.592. The van der Waals surface area contributed by atoms with E-state index < -0.39 is 5.97 Å². The molecular formula is C7H5BrN4O2. The van der Waals surface area contributed by atoms with E-state index in [2.05, 4.69) is 36.1 Å². The maximum atomic E-state index is 10.8. The minimum Gasteiger partial charge on any atom is -0.476 e. The molecule has 0 aromatic carbocycles. The number of rotatable bonds is 1. The molecule has 7 heteroatoms. The lowest BCUT2D eigenvalue weighted by Gasteiger charge is -1.94. The summed E-state index contributed by atoms with van der Waals surface area (Å²) in [7, 11) is 0. The van der Waals surface area contributed by atoms with E-state index in [1.54, 1.807) is 6.92 Å². The van der Waals surface area contributed by atoms with Gasteiger partial charge in [-0.25, -0.2) is 14.8 Å². The molecule has 6 nitrogen and oxygen atoms in total. The van der Waals surface area contributed by atoms with Crippen molar-refractivity contribution in [2.24, 2.45) is 0 Å². The molecule has 0 aliphatic carbocycles. The number of aryl methyl sites for hydroxylation is 1. The van der Waals surface area contributed by atoms with E-state index in [9.17, 15) is 4.79 Å². The Morgan fingerprint density at radius 1 is 1.43 bits per heavy atom. The highest BCUT2D eigenvalue weighted by atomic mass is 79.9. The SMILES string of the molecule is Cc1nc(Br)c2n[nH]c(C(=O)O)c2n1. The molecule has 14 heavy (non-hydrogen) atoms. The Balaban J connectivity index is 2.85. The number of aromatic amines is 1. The first-order chi connectivity index (χ1) is 6.59. The van der Waals surface area contributed by atoms with Crippen LogP contribution in [-0.4, -0.2) is 31.2 Å². The van der Waals surface area contributed by atoms with Gasteiger partial charge in [-0.1, -0.05) is 0 Å². The lowest BCUT2D eigenvalue weighted by molar-refractivity contribution is 0.0692. The van der Waals surface area contributed by atoms with Crippen LogP contribution in [0.3, 0.4) is 0 Å². The zero-order chi connectivity index (χ0) is 10.3. The first-order valence-electron chi connectivity index (χ1n) is 3.71. The third kappa shape index (κ3) is 1.25. The number of hydrogen-bond donors (Lipinski definition) is 2. The fraction of sp³-hybridized carbons (Fsp3) is 0.143. The predicted octanol–water partition coefficient (Wildman–Crippen LogP) is 1.12. The van der Waals surface area contributed by atoms with Crippen LogP contribution in [0.2, 0.25) is 0 Å². The Morgan fingerprint density at radius 2 is 2.14 bits per heavy atom. The van der Waals surface area contributed by atoms with Gasteiger partial charge >= 0.3 is 5.97 Å². The standard InChI is InChI=1S/C7H5BrN4O2/c1-2-9-3-4(6(8)10-2)11-12-5(3)7(13)14/h1H3,(H,11,12)(H,13,14). The second kappa shape index (κ2) is 3.02. The molecule has 0 bridgehead atoms. The van der Waals surface area contributed by atoms with Crippen molar-refractivity contribution in [1.82, 2.24) is 20.2 Å². The summed E-state index contributed by atoms with van der Waals surface area (Å²) in [5, 5.41) is 15.0. The number of halogens is 1. The Morgan fingerprint density at radius 3 is 2.79 bits per heavy atom. The smallest absolute Gasteiger partial charge is 0.356 e. The fourth-order valence-electron chi connectivity index (χ4n) is 1.12. The van der Waals surface area contributed by atoms with Crippen LogP contribution in [0.1, 0.15) is 16.3 Å². The molecule has 2 heterocycles. The van der Waals surface area contributed by atoms with Crippen LogP contribution >= 0.6 is 15.9 Å². The van der Waals surface area contributed by atoms with Crippen LogP contribution in [-0.2, 0) is 0 Å². The van der Waals surface area contributed by atoms with E-state index in [1.807, 2.05) is 0 Å². The van der Waals surface area contributed by atoms with Crippen LogP contribution in [0.4, 0.5) is 0 Å². The summed E-state index contributed by atoms with van der Waals surface area (Å²) in [5.41, 5.74) is 0.719. The normalized spacial score (nSPS) is 10.7. The fourth-order valence-corrected chi connectivity index (χ4v) is 1.65. The maximum absolute atomic E-state index is 10.8. The van der Waals surface area contributed by atoms with Crippen molar-refractivity contribution in [2.75, 3.05) is 0 Å². The monoisotopic (exact) mass is 256 g/mol. The van der Waals surface area contributed by atoms with Crippen molar-refractivity contribution in [3.8, 4) is 0 Å². The average Bonchev–Trinajstić information content (AvgIpc) is 2.47. The van der Waals surface area contributed by atoms with E-state index >= 15 is 0 Å². The number of carboxylic acid groups (broad SMARTS) is 1. The zero-order valence-electron chi connectivity index (χ0n) is 7.08. The number of H-pyrrole nitrogens is 1. The van der Waals surface area contributed by atoms with Gasteiger partial charge in [0, 0.05) is 0 Å². The van der Waals surface area contributed by atoms with Crippen LogP contribution in [0.25, 0.3) is 11.0 Å². The van der Waals surface area contributed by atoms with E-state index in [1.165, 1.54) is 0 Å². The first kappa shape index (κ1) is 9.07. The van der Waals surface area contributed by atoms with Gasteiger partial charge in [0.1, 0.15) is 21.5 Å². The Kier molecular flexibility index (Phi) is 1.95. The molecule has 0 saturated heterocycles. The van der Waals surface area contributed by atoms with Crippen molar-refractivity contribution in [3.05, 3.63) is 16.1 Å². The summed E-state index contributed by atoms with van der Waals surface area (Å²) >= 11 is 3.18. The van der Waals surface area contributed by atoms with E-state index in [0.717, 1.165) is 0 Å². The number of fused-ring (bicyclic) bond motifs is 1. The van der Waals surface area contributed by atoms with Gasteiger partial charge in [-0.05, 0) is 22.9 Å². The second-order valence-corrected chi connectivity index (χ2v) is 3.41. The summed E-state index contributed by atoms with van der Waals surface area (Å²) in [6.45, 7) is 1.68. The number of aromatic carboxylic acids is 1. The Bertz CT molecular complexity index is 522. The van der Waals surface area contributed by atoms with Crippen molar-refractivity contribution >= 4 is 32.9 Å². The minimum atomic E-state index is -1.09. The van der Waals surface area contributed by atoms with Crippen LogP contribution in [0.15, 0.2) is 4.60 Å². The predicted molar refractivity (Wildman–Crippen MR) is 51.1 cm³/mol. The second-order valence-electron chi connectivity index (χ2n) is 2.66. The van der Waals surface area contributed by atoms with E-state index in [4.69, 9.17) is 5.11 Å². The Labute approximate surface area is 86.5 Å². The van der Waals surface area contributed by atoms with E-state index in [0.29, 0.717) is 21.5 Å². The topological polar surface area (TPSA) is 91.8 Å². The third-order valence-electron chi connectivity index (χ3n) is 1.68. The lowest BCUT2D eigenvalue weighted by atomic mass is 10.3. The van der Waals surface area contributed by atoms with E-state index in [-0.39, 0.29) is 5.69 Å². The quantitative estimate of drug-likeness (QED) is 0.747. The minimum absolute atomic E-state index is 0.0220. The molecule has 0 saturated carbocycles. The molecule has 0 unspecified atom stereocenters. The largest absolute Gasteiger partial charge is 0.476 e.